The summed E-state index contributed by atoms with van der Waals surface area (Å²) < 4.78 is 5.76. The largest absolute Gasteiger partial charge is 0.490 e. The molecule has 0 amide bonds. The fourth-order valence-corrected chi connectivity index (χ4v) is 3.71. The van der Waals surface area contributed by atoms with E-state index in [-0.39, 0.29) is 12.7 Å². The summed E-state index contributed by atoms with van der Waals surface area (Å²) in [5.74, 6) is 1.03. The van der Waals surface area contributed by atoms with Crippen LogP contribution in [0.25, 0.3) is 0 Å². The molecule has 1 aliphatic rings. The molecule has 2 N–H and O–H groups in total. The number of hydrogen-bond acceptors (Lipinski definition) is 3. The topological polar surface area (TPSA) is 41.5 Å². The van der Waals surface area contributed by atoms with Crippen molar-refractivity contribution in [2.75, 3.05) is 0 Å². The molecule has 1 atom stereocenters. The van der Waals surface area contributed by atoms with Crippen molar-refractivity contribution in [3.63, 3.8) is 0 Å². The molecule has 0 saturated carbocycles. The Balaban J connectivity index is 1.68. The van der Waals surface area contributed by atoms with Gasteiger partial charge in [-0.15, -0.1) is 0 Å². The molecule has 0 spiro atoms. The first-order valence-electron chi connectivity index (χ1n) is 8.68. The monoisotopic (exact) mass is 325 g/mol. The van der Waals surface area contributed by atoms with Gasteiger partial charge in [0.15, 0.2) is 0 Å². The number of nitrogens with one attached hydrogen (secondary N) is 1. The molecule has 1 aliphatic heterocycles. The molecule has 0 fully saturated rings. The van der Waals surface area contributed by atoms with Crippen LogP contribution < -0.4 is 10.1 Å². The molecule has 0 saturated heterocycles. The van der Waals surface area contributed by atoms with Crippen molar-refractivity contribution in [2.45, 2.75) is 59.9 Å². The molecule has 24 heavy (non-hydrogen) atoms. The Morgan fingerprint density at radius 2 is 1.83 bits per heavy atom. The van der Waals surface area contributed by atoms with Crippen LogP contribution in [0.3, 0.4) is 0 Å². The molecule has 0 aromatic heterocycles. The van der Waals surface area contributed by atoms with Crippen LogP contribution in [-0.2, 0) is 26.1 Å². The van der Waals surface area contributed by atoms with Gasteiger partial charge in [-0.2, -0.15) is 0 Å². The van der Waals surface area contributed by atoms with Crippen molar-refractivity contribution in [3.05, 3.63) is 63.2 Å². The van der Waals surface area contributed by atoms with Crippen molar-refractivity contribution < 1.29 is 9.84 Å². The predicted molar refractivity (Wildman–Crippen MR) is 97.4 cm³/mol. The Morgan fingerprint density at radius 3 is 2.58 bits per heavy atom. The third-order valence-electron chi connectivity index (χ3n) is 5.04. The number of fused-ring (bicyclic) bond motifs is 1. The predicted octanol–water partition coefficient (Wildman–Crippen LogP) is 3.72. The lowest BCUT2D eigenvalue weighted by Crippen LogP contribution is -2.15. The number of hydrogen-bond donors (Lipinski definition) is 2. The Bertz CT molecular complexity index is 752. The Kier molecular flexibility index (Phi) is 4.93. The maximum absolute atomic E-state index is 9.60. The summed E-state index contributed by atoms with van der Waals surface area (Å²) in [5.41, 5.74) is 8.61. The minimum Gasteiger partial charge on any atom is -0.490 e. The fraction of sp³-hybridized carbons (Fsp3) is 0.429. The maximum Gasteiger partial charge on any atom is 0.123 e. The van der Waals surface area contributed by atoms with Crippen LogP contribution in [0.1, 0.15) is 45.9 Å². The van der Waals surface area contributed by atoms with Crippen LogP contribution in [0, 0.1) is 20.8 Å². The highest BCUT2D eigenvalue weighted by atomic mass is 16.5. The van der Waals surface area contributed by atoms with Crippen molar-refractivity contribution in [3.8, 4) is 5.75 Å². The summed E-state index contributed by atoms with van der Waals surface area (Å²) >= 11 is 0. The highest BCUT2D eigenvalue weighted by Crippen LogP contribution is 2.29. The molecule has 3 heteroatoms. The molecule has 1 unspecified atom stereocenters. The van der Waals surface area contributed by atoms with Crippen LogP contribution >= 0.6 is 0 Å². The molecule has 0 radical (unpaired) electrons. The Hall–Kier alpha value is -1.84. The minimum absolute atomic E-state index is 0.105. The Labute approximate surface area is 144 Å². The van der Waals surface area contributed by atoms with E-state index in [1.54, 1.807) is 0 Å². The van der Waals surface area contributed by atoms with Gasteiger partial charge < -0.3 is 15.2 Å². The van der Waals surface area contributed by atoms with E-state index in [4.69, 9.17) is 4.74 Å². The van der Waals surface area contributed by atoms with Crippen molar-refractivity contribution in [1.82, 2.24) is 5.32 Å². The summed E-state index contributed by atoms with van der Waals surface area (Å²) in [6.07, 6.45) is 1.29. The third-order valence-corrected chi connectivity index (χ3v) is 5.04. The lowest BCUT2D eigenvalue weighted by molar-refractivity contribution is 0.254. The lowest BCUT2D eigenvalue weighted by atomic mass is 9.93. The van der Waals surface area contributed by atoms with E-state index in [2.05, 4.69) is 57.3 Å². The highest BCUT2D eigenvalue weighted by molar-refractivity contribution is 5.44. The molecule has 128 valence electrons. The summed E-state index contributed by atoms with van der Waals surface area (Å²) in [6.45, 7) is 10.2. The number of aliphatic hydroxyl groups excluding tert-OH is 1. The number of benzene rings is 2. The highest BCUT2D eigenvalue weighted by Gasteiger charge is 2.18. The van der Waals surface area contributed by atoms with E-state index in [0.717, 1.165) is 30.8 Å². The van der Waals surface area contributed by atoms with Gasteiger partial charge in [0.1, 0.15) is 11.9 Å². The average Bonchev–Trinajstić information content (AvgIpc) is 2.90. The summed E-state index contributed by atoms with van der Waals surface area (Å²) in [4.78, 5) is 0. The average molecular weight is 325 g/mol. The number of rotatable bonds is 5. The standard InChI is InChI=1S/C21H27NO2/c1-13-7-14(2)20(12-23)16(4)19(13)11-22-10-17-5-6-21-18(9-17)8-15(3)24-21/h5-7,9,15,22-23H,8,10-12H2,1-4H3. The van der Waals surface area contributed by atoms with Gasteiger partial charge in [0.25, 0.3) is 0 Å². The normalized spacial score (nSPS) is 16.1. The summed E-state index contributed by atoms with van der Waals surface area (Å²) in [7, 11) is 0. The van der Waals surface area contributed by atoms with Crippen LogP contribution in [0.4, 0.5) is 0 Å². The van der Waals surface area contributed by atoms with Gasteiger partial charge in [-0.1, -0.05) is 18.2 Å². The molecular formula is C21H27NO2. The first-order chi connectivity index (χ1) is 11.5. The van der Waals surface area contributed by atoms with Gasteiger partial charge in [0.05, 0.1) is 6.61 Å². The third kappa shape index (κ3) is 3.33. The first-order valence-corrected chi connectivity index (χ1v) is 8.68. The lowest BCUT2D eigenvalue weighted by Gasteiger charge is -2.17. The van der Waals surface area contributed by atoms with Crippen molar-refractivity contribution in [1.29, 1.82) is 0 Å². The first kappa shape index (κ1) is 17.0. The van der Waals surface area contributed by atoms with Gasteiger partial charge in [-0.25, -0.2) is 0 Å². The molecular weight excluding hydrogens is 298 g/mol. The molecule has 0 bridgehead atoms. The molecule has 3 rings (SSSR count). The second kappa shape index (κ2) is 6.96. The zero-order chi connectivity index (χ0) is 17.3. The molecule has 3 nitrogen and oxygen atoms in total. The number of aliphatic hydroxyl groups is 1. The van der Waals surface area contributed by atoms with Gasteiger partial charge in [0.2, 0.25) is 0 Å². The summed E-state index contributed by atoms with van der Waals surface area (Å²) in [5, 5.41) is 13.1. The SMILES string of the molecule is Cc1cc(C)c(CNCc2ccc3c(c2)CC(C)O3)c(C)c1CO. The van der Waals surface area contributed by atoms with Crippen LogP contribution in [0.15, 0.2) is 24.3 Å². The fourth-order valence-electron chi connectivity index (χ4n) is 3.71. The van der Waals surface area contributed by atoms with E-state index in [9.17, 15) is 5.11 Å². The maximum atomic E-state index is 9.60. The van der Waals surface area contributed by atoms with Crippen LogP contribution in [0.2, 0.25) is 0 Å². The summed E-state index contributed by atoms with van der Waals surface area (Å²) in [6, 6.07) is 8.64. The quantitative estimate of drug-likeness (QED) is 0.880. The molecule has 2 aromatic rings. The number of aryl methyl sites for hydroxylation is 2. The molecule has 1 heterocycles. The molecule has 2 aromatic carbocycles. The molecule has 0 aliphatic carbocycles. The van der Waals surface area contributed by atoms with E-state index in [1.807, 2.05) is 0 Å². The zero-order valence-electron chi connectivity index (χ0n) is 15.1. The zero-order valence-corrected chi connectivity index (χ0v) is 15.1. The van der Waals surface area contributed by atoms with Gasteiger partial charge in [-0.05, 0) is 72.7 Å². The van der Waals surface area contributed by atoms with E-state index in [1.165, 1.54) is 33.4 Å². The second-order valence-corrected chi connectivity index (χ2v) is 6.93. The number of ether oxygens (including phenoxy) is 1. The minimum atomic E-state index is 0.105. The van der Waals surface area contributed by atoms with Crippen LogP contribution in [0.5, 0.6) is 5.75 Å². The van der Waals surface area contributed by atoms with Gasteiger partial charge in [0, 0.05) is 19.5 Å². The van der Waals surface area contributed by atoms with E-state index >= 15 is 0 Å². The van der Waals surface area contributed by atoms with Crippen molar-refractivity contribution >= 4 is 0 Å². The van der Waals surface area contributed by atoms with E-state index < -0.39 is 0 Å². The second-order valence-electron chi connectivity index (χ2n) is 6.93. The van der Waals surface area contributed by atoms with Crippen LogP contribution in [-0.4, -0.2) is 11.2 Å². The van der Waals surface area contributed by atoms with Gasteiger partial charge in [-0.3, -0.25) is 0 Å². The van der Waals surface area contributed by atoms with E-state index in [0.29, 0.717) is 0 Å². The smallest absolute Gasteiger partial charge is 0.123 e. The van der Waals surface area contributed by atoms with Gasteiger partial charge >= 0.3 is 0 Å². The van der Waals surface area contributed by atoms with Crippen molar-refractivity contribution in [2.24, 2.45) is 0 Å². The Morgan fingerprint density at radius 1 is 1.08 bits per heavy atom.